The number of aromatic nitrogens is 2. The second-order valence-electron chi connectivity index (χ2n) is 6.22. The van der Waals surface area contributed by atoms with E-state index >= 15 is 0 Å². The molecule has 2 aromatic heterocycles. The molecular weight excluding hydrogens is 354 g/mol. The Kier molecular flexibility index (Phi) is 5.92. The highest BCUT2D eigenvalue weighted by atomic mass is 16.6. The van der Waals surface area contributed by atoms with Gasteiger partial charge in [0, 0.05) is 25.7 Å². The first-order chi connectivity index (χ1) is 13.7. The maximum atomic E-state index is 9.65. The number of oxime groups is 1. The highest BCUT2D eigenvalue weighted by molar-refractivity contribution is 5.78. The summed E-state index contributed by atoms with van der Waals surface area (Å²) in [5, 5.41) is 13.7. The highest BCUT2D eigenvalue weighted by Gasteiger charge is 2.20. The molecule has 0 radical (unpaired) electrons. The Morgan fingerprint density at radius 2 is 2.04 bits per heavy atom. The summed E-state index contributed by atoms with van der Waals surface area (Å²) in [6, 6.07) is 15.6. The third-order valence-electron chi connectivity index (χ3n) is 4.24. The first kappa shape index (κ1) is 19.0. The van der Waals surface area contributed by atoms with Crippen LogP contribution in [0.25, 0.3) is 5.82 Å². The van der Waals surface area contributed by atoms with Gasteiger partial charge in [-0.25, -0.2) is 4.98 Å². The molecule has 28 heavy (non-hydrogen) atoms. The van der Waals surface area contributed by atoms with Crippen molar-refractivity contribution in [2.45, 2.75) is 6.61 Å². The molecule has 0 aliphatic heterocycles. The van der Waals surface area contributed by atoms with Gasteiger partial charge in [-0.05, 0) is 18.2 Å². The first-order valence-corrected chi connectivity index (χ1v) is 8.72. The summed E-state index contributed by atoms with van der Waals surface area (Å²) in [7, 11) is 5.44. The van der Waals surface area contributed by atoms with Crippen molar-refractivity contribution >= 4 is 11.9 Å². The molecule has 3 rings (SSSR count). The maximum Gasteiger partial charge on any atom is 0.304 e. The Balaban J connectivity index is 1.81. The van der Waals surface area contributed by atoms with Crippen LogP contribution < -0.4 is 14.6 Å². The van der Waals surface area contributed by atoms with Crippen molar-refractivity contribution in [2.24, 2.45) is 5.16 Å². The molecule has 1 aromatic carbocycles. The molecule has 0 atom stereocenters. The predicted molar refractivity (Wildman–Crippen MR) is 107 cm³/mol. The fourth-order valence-corrected chi connectivity index (χ4v) is 2.87. The van der Waals surface area contributed by atoms with Gasteiger partial charge in [0.15, 0.2) is 11.3 Å². The lowest BCUT2D eigenvalue weighted by molar-refractivity contribution is -0.373. The molecule has 2 heterocycles. The Labute approximate surface area is 164 Å². The quantitative estimate of drug-likeness (QED) is 0.469. The molecule has 0 saturated heterocycles. The summed E-state index contributed by atoms with van der Waals surface area (Å²) in [6.45, 7) is 0.299. The number of nitrogens with one attached hydrogen (secondary N) is 1. The van der Waals surface area contributed by atoms with Crippen LogP contribution in [0.1, 0.15) is 16.8 Å². The van der Waals surface area contributed by atoms with E-state index in [0.29, 0.717) is 18.0 Å². The van der Waals surface area contributed by atoms with Crippen molar-refractivity contribution in [3.8, 4) is 17.6 Å². The molecule has 7 nitrogen and oxygen atoms in total. The number of hydrogen-bond donors (Lipinski definition) is 0. The molecule has 142 valence electrons. The van der Waals surface area contributed by atoms with Crippen LogP contribution in [0.15, 0.2) is 60.0 Å². The van der Waals surface area contributed by atoms with Gasteiger partial charge in [-0.1, -0.05) is 23.4 Å². The van der Waals surface area contributed by atoms with E-state index in [0.717, 1.165) is 22.7 Å². The maximum absolute atomic E-state index is 9.65. The lowest BCUT2D eigenvalue weighted by atomic mass is 10.2. The molecular formula is C21H22N5O2+. The van der Waals surface area contributed by atoms with Gasteiger partial charge in [0.05, 0.1) is 25.2 Å². The zero-order valence-corrected chi connectivity index (χ0v) is 16.1. The van der Waals surface area contributed by atoms with Crippen LogP contribution in [0.3, 0.4) is 0 Å². The van der Waals surface area contributed by atoms with E-state index < -0.39 is 0 Å². The van der Waals surface area contributed by atoms with E-state index in [1.54, 1.807) is 13.3 Å². The fraction of sp³-hybridized carbons (Fsp3) is 0.190. The number of hydrogen-bond acceptors (Lipinski definition) is 5. The number of benzene rings is 1. The standard InChI is InChI=1S/C21H21N5O2/c1-25(2)19-10-11-23-21(18(19)13-22)26-12-6-8-17(26)14-24-28-15-16-7-4-5-9-20(16)27-3/h4-12,14H,15H2,1-3H3/p+1/b24-14-. The molecule has 0 unspecified atom stereocenters. The monoisotopic (exact) mass is 376 g/mol. The van der Waals surface area contributed by atoms with Gasteiger partial charge >= 0.3 is 5.82 Å². The Morgan fingerprint density at radius 1 is 1.21 bits per heavy atom. The van der Waals surface area contributed by atoms with E-state index in [4.69, 9.17) is 9.57 Å². The number of methoxy groups -OCH3 is 1. The molecule has 0 fully saturated rings. The Hall–Kier alpha value is -3.79. The van der Waals surface area contributed by atoms with Crippen LogP contribution in [0, 0.1) is 11.3 Å². The minimum Gasteiger partial charge on any atom is -0.496 e. The number of aromatic amines is 1. The van der Waals surface area contributed by atoms with Crippen molar-refractivity contribution in [3.63, 3.8) is 0 Å². The average molecular weight is 376 g/mol. The van der Waals surface area contributed by atoms with Crippen LogP contribution in [-0.2, 0) is 11.4 Å². The SMILES string of the molecule is COc1ccccc1CO/N=C\c1cccn1-c1[nH+]ccc(N(C)C)c1C#N. The molecule has 0 aliphatic rings. The lowest BCUT2D eigenvalue weighted by Crippen LogP contribution is -2.20. The summed E-state index contributed by atoms with van der Waals surface area (Å²) < 4.78 is 7.17. The number of nitrogens with zero attached hydrogens (tertiary/aromatic N) is 4. The molecule has 7 heteroatoms. The molecule has 3 aromatic rings. The summed E-state index contributed by atoms with van der Waals surface area (Å²) in [5.41, 5.74) is 3.08. The largest absolute Gasteiger partial charge is 0.496 e. The summed E-state index contributed by atoms with van der Waals surface area (Å²) in [5.74, 6) is 1.43. The van der Waals surface area contributed by atoms with E-state index in [2.05, 4.69) is 16.2 Å². The van der Waals surface area contributed by atoms with E-state index in [9.17, 15) is 5.26 Å². The fourth-order valence-electron chi connectivity index (χ4n) is 2.87. The van der Waals surface area contributed by atoms with Crippen molar-refractivity contribution in [3.05, 3.63) is 71.7 Å². The van der Waals surface area contributed by atoms with Crippen LogP contribution in [0.2, 0.25) is 0 Å². The molecule has 0 saturated carbocycles. The molecule has 0 amide bonds. The van der Waals surface area contributed by atoms with Crippen molar-refractivity contribution in [2.75, 3.05) is 26.1 Å². The number of H-pyrrole nitrogens is 1. The Bertz CT molecular complexity index is 1020. The van der Waals surface area contributed by atoms with Crippen LogP contribution in [0.4, 0.5) is 5.69 Å². The first-order valence-electron chi connectivity index (χ1n) is 8.72. The molecule has 0 aliphatic carbocycles. The third kappa shape index (κ3) is 3.96. The summed E-state index contributed by atoms with van der Waals surface area (Å²) in [6.07, 6.45) is 5.30. The second-order valence-corrected chi connectivity index (χ2v) is 6.22. The number of nitriles is 1. The van der Waals surface area contributed by atoms with E-state index in [-0.39, 0.29) is 0 Å². The number of anilines is 1. The third-order valence-corrected chi connectivity index (χ3v) is 4.24. The van der Waals surface area contributed by atoms with Gasteiger partial charge in [0.2, 0.25) is 0 Å². The zero-order valence-electron chi connectivity index (χ0n) is 16.1. The van der Waals surface area contributed by atoms with E-state index in [1.165, 1.54) is 0 Å². The second kappa shape index (κ2) is 8.73. The van der Waals surface area contributed by atoms with Gasteiger partial charge < -0.3 is 14.5 Å². The molecule has 0 spiro atoms. The smallest absolute Gasteiger partial charge is 0.304 e. The van der Waals surface area contributed by atoms with Gasteiger partial charge in [0.1, 0.15) is 24.6 Å². The number of pyridine rings is 1. The van der Waals surface area contributed by atoms with Crippen molar-refractivity contribution < 1.29 is 14.6 Å². The van der Waals surface area contributed by atoms with Crippen LogP contribution in [0.5, 0.6) is 5.75 Å². The van der Waals surface area contributed by atoms with Crippen molar-refractivity contribution in [1.82, 2.24) is 4.57 Å². The summed E-state index contributed by atoms with van der Waals surface area (Å²) >= 11 is 0. The lowest BCUT2D eigenvalue weighted by Gasteiger charge is -2.13. The normalized spacial score (nSPS) is 10.6. The highest BCUT2D eigenvalue weighted by Crippen LogP contribution is 2.22. The van der Waals surface area contributed by atoms with Crippen LogP contribution in [-0.4, -0.2) is 32.0 Å². The van der Waals surface area contributed by atoms with Gasteiger partial charge in [-0.15, -0.1) is 0 Å². The number of para-hydroxylation sites is 1. The number of rotatable bonds is 7. The van der Waals surface area contributed by atoms with E-state index in [1.807, 2.05) is 78.4 Å². The topological polar surface area (TPSA) is 76.9 Å². The number of ether oxygens (including phenoxy) is 1. The van der Waals surface area contributed by atoms with Gasteiger partial charge in [-0.2, -0.15) is 9.83 Å². The van der Waals surface area contributed by atoms with Crippen molar-refractivity contribution in [1.29, 1.82) is 5.26 Å². The summed E-state index contributed by atoms with van der Waals surface area (Å²) in [4.78, 5) is 10.5. The minimum atomic E-state index is 0.299. The van der Waals surface area contributed by atoms with Gasteiger partial charge in [-0.3, -0.25) is 0 Å². The molecule has 1 N–H and O–H groups in total. The van der Waals surface area contributed by atoms with Crippen LogP contribution >= 0.6 is 0 Å². The Morgan fingerprint density at radius 3 is 2.79 bits per heavy atom. The zero-order chi connectivity index (χ0) is 19.9. The minimum absolute atomic E-state index is 0.299. The predicted octanol–water partition coefficient (Wildman–Crippen LogP) is 2.79. The van der Waals surface area contributed by atoms with Gasteiger partial charge in [0.25, 0.3) is 0 Å². The average Bonchev–Trinajstić information content (AvgIpc) is 3.19. The molecule has 0 bridgehead atoms.